The maximum absolute atomic E-state index is 11.9. The second-order valence-corrected chi connectivity index (χ2v) is 5.90. The highest BCUT2D eigenvalue weighted by atomic mass is 79.9. The molecule has 1 amide bonds. The van der Waals surface area contributed by atoms with Gasteiger partial charge in [0, 0.05) is 23.0 Å². The molecular weight excluding hydrogens is 322 g/mol. The molecule has 1 rings (SSSR count). The van der Waals surface area contributed by atoms with Crippen molar-refractivity contribution in [2.75, 3.05) is 6.54 Å². The van der Waals surface area contributed by atoms with Crippen LogP contribution in [0, 0.1) is 12.8 Å². The summed E-state index contributed by atoms with van der Waals surface area (Å²) in [4.78, 5) is 22.4. The van der Waals surface area contributed by atoms with Crippen molar-refractivity contribution in [3.05, 3.63) is 33.8 Å². The lowest BCUT2D eigenvalue weighted by atomic mass is 10.0. The van der Waals surface area contributed by atoms with Gasteiger partial charge in [-0.1, -0.05) is 28.9 Å². The number of halogens is 1. The van der Waals surface area contributed by atoms with Crippen LogP contribution in [0.1, 0.15) is 42.1 Å². The number of aliphatic carboxylic acids is 1. The zero-order valence-electron chi connectivity index (χ0n) is 11.8. The Kier molecular flexibility index (Phi) is 6.71. The standard InChI is InChI=1S/C15H20BrNO3/c1-10(3-6-14(18)19)7-8-17-15(20)12-5-4-11(2)13(16)9-12/h4-5,9-10H,3,6-8H2,1-2H3,(H,17,20)(H,18,19). The van der Waals surface area contributed by atoms with Crippen molar-refractivity contribution in [2.45, 2.75) is 33.1 Å². The van der Waals surface area contributed by atoms with E-state index in [1.165, 1.54) is 0 Å². The third-order valence-electron chi connectivity index (χ3n) is 3.21. The Labute approximate surface area is 127 Å². The summed E-state index contributed by atoms with van der Waals surface area (Å²) in [6.45, 7) is 4.53. The molecule has 0 saturated carbocycles. The molecule has 0 radical (unpaired) electrons. The molecule has 1 unspecified atom stereocenters. The maximum atomic E-state index is 11.9. The number of carbonyl (C=O) groups is 2. The molecule has 2 N–H and O–H groups in total. The quantitative estimate of drug-likeness (QED) is 0.798. The summed E-state index contributed by atoms with van der Waals surface area (Å²) < 4.78 is 0.917. The Morgan fingerprint density at radius 2 is 2.05 bits per heavy atom. The van der Waals surface area contributed by atoms with Crippen LogP contribution in [0.15, 0.2) is 22.7 Å². The minimum absolute atomic E-state index is 0.101. The summed E-state index contributed by atoms with van der Waals surface area (Å²) in [6.07, 6.45) is 1.60. The summed E-state index contributed by atoms with van der Waals surface area (Å²) in [5, 5.41) is 11.5. The smallest absolute Gasteiger partial charge is 0.303 e. The minimum Gasteiger partial charge on any atom is -0.481 e. The predicted molar refractivity (Wildman–Crippen MR) is 81.9 cm³/mol. The van der Waals surface area contributed by atoms with Crippen LogP contribution in [0.4, 0.5) is 0 Å². The second-order valence-electron chi connectivity index (χ2n) is 5.05. The van der Waals surface area contributed by atoms with Crippen LogP contribution in [0.3, 0.4) is 0 Å². The number of carboxylic acid groups (broad SMARTS) is 1. The lowest BCUT2D eigenvalue weighted by Gasteiger charge is -2.11. The Morgan fingerprint density at radius 3 is 2.65 bits per heavy atom. The summed E-state index contributed by atoms with van der Waals surface area (Å²) in [5.41, 5.74) is 1.71. The van der Waals surface area contributed by atoms with E-state index in [9.17, 15) is 9.59 Å². The normalized spacial score (nSPS) is 11.9. The van der Waals surface area contributed by atoms with Gasteiger partial charge in [-0.05, 0) is 43.4 Å². The highest BCUT2D eigenvalue weighted by Gasteiger charge is 2.09. The van der Waals surface area contributed by atoms with E-state index >= 15 is 0 Å². The van der Waals surface area contributed by atoms with Crippen LogP contribution in [0.2, 0.25) is 0 Å². The number of aryl methyl sites for hydroxylation is 1. The molecule has 0 aliphatic rings. The first-order chi connectivity index (χ1) is 9.40. The van der Waals surface area contributed by atoms with E-state index in [-0.39, 0.29) is 18.2 Å². The molecular formula is C15H20BrNO3. The van der Waals surface area contributed by atoms with Crippen molar-refractivity contribution in [1.29, 1.82) is 0 Å². The van der Waals surface area contributed by atoms with Gasteiger partial charge in [0.2, 0.25) is 0 Å². The largest absolute Gasteiger partial charge is 0.481 e. The Balaban J connectivity index is 2.36. The van der Waals surface area contributed by atoms with Gasteiger partial charge in [-0.3, -0.25) is 9.59 Å². The van der Waals surface area contributed by atoms with Crippen LogP contribution in [-0.4, -0.2) is 23.5 Å². The molecule has 1 aromatic carbocycles. The molecule has 0 aliphatic carbocycles. The number of hydrogen-bond acceptors (Lipinski definition) is 2. The summed E-state index contributed by atoms with van der Waals surface area (Å²) in [7, 11) is 0. The zero-order chi connectivity index (χ0) is 15.1. The van der Waals surface area contributed by atoms with Crippen molar-refractivity contribution in [3.8, 4) is 0 Å². The number of carboxylic acids is 1. The van der Waals surface area contributed by atoms with Crippen LogP contribution in [-0.2, 0) is 4.79 Å². The number of rotatable bonds is 7. The van der Waals surface area contributed by atoms with E-state index < -0.39 is 5.97 Å². The molecule has 0 fully saturated rings. The lowest BCUT2D eigenvalue weighted by Crippen LogP contribution is -2.25. The molecule has 0 aromatic heterocycles. The second kappa shape index (κ2) is 8.04. The number of benzene rings is 1. The maximum Gasteiger partial charge on any atom is 0.303 e. The lowest BCUT2D eigenvalue weighted by molar-refractivity contribution is -0.137. The molecule has 0 spiro atoms. The summed E-state index contributed by atoms with van der Waals surface area (Å²) in [5.74, 6) is -0.585. The molecule has 110 valence electrons. The summed E-state index contributed by atoms with van der Waals surface area (Å²) in [6, 6.07) is 5.50. The number of hydrogen-bond donors (Lipinski definition) is 2. The molecule has 0 aliphatic heterocycles. The molecule has 0 heterocycles. The van der Waals surface area contributed by atoms with Gasteiger partial charge in [0.1, 0.15) is 0 Å². The van der Waals surface area contributed by atoms with Gasteiger partial charge in [0.15, 0.2) is 0 Å². The minimum atomic E-state index is -0.773. The Morgan fingerprint density at radius 1 is 1.35 bits per heavy atom. The van der Waals surface area contributed by atoms with Gasteiger partial charge < -0.3 is 10.4 Å². The number of amides is 1. The third-order valence-corrected chi connectivity index (χ3v) is 4.06. The van der Waals surface area contributed by atoms with Crippen LogP contribution < -0.4 is 5.32 Å². The molecule has 1 aromatic rings. The molecule has 1 atom stereocenters. The van der Waals surface area contributed by atoms with Crippen LogP contribution >= 0.6 is 15.9 Å². The molecule has 0 saturated heterocycles. The van der Waals surface area contributed by atoms with Crippen molar-refractivity contribution >= 4 is 27.8 Å². The van der Waals surface area contributed by atoms with Gasteiger partial charge in [0.25, 0.3) is 5.91 Å². The van der Waals surface area contributed by atoms with Gasteiger partial charge in [-0.25, -0.2) is 0 Å². The molecule has 5 heteroatoms. The average molecular weight is 342 g/mol. The zero-order valence-corrected chi connectivity index (χ0v) is 13.4. The Bertz CT molecular complexity index is 488. The fourth-order valence-corrected chi connectivity index (χ4v) is 2.16. The van der Waals surface area contributed by atoms with Crippen molar-refractivity contribution < 1.29 is 14.7 Å². The van der Waals surface area contributed by atoms with E-state index in [2.05, 4.69) is 21.2 Å². The first kappa shape index (κ1) is 16.7. The van der Waals surface area contributed by atoms with E-state index in [0.29, 0.717) is 18.5 Å². The number of carbonyl (C=O) groups excluding carboxylic acids is 1. The van der Waals surface area contributed by atoms with Crippen LogP contribution in [0.25, 0.3) is 0 Å². The summed E-state index contributed by atoms with van der Waals surface area (Å²) >= 11 is 3.40. The van der Waals surface area contributed by atoms with Gasteiger partial charge >= 0.3 is 5.97 Å². The predicted octanol–water partition coefficient (Wildman–Crippen LogP) is 3.38. The highest BCUT2D eigenvalue weighted by Crippen LogP contribution is 2.17. The first-order valence-electron chi connectivity index (χ1n) is 6.66. The van der Waals surface area contributed by atoms with Crippen LogP contribution in [0.5, 0.6) is 0 Å². The molecule has 4 nitrogen and oxygen atoms in total. The topological polar surface area (TPSA) is 66.4 Å². The first-order valence-corrected chi connectivity index (χ1v) is 7.45. The Hall–Kier alpha value is -1.36. The van der Waals surface area contributed by atoms with Crippen molar-refractivity contribution in [2.24, 2.45) is 5.92 Å². The highest BCUT2D eigenvalue weighted by molar-refractivity contribution is 9.10. The van der Waals surface area contributed by atoms with Gasteiger partial charge in [-0.2, -0.15) is 0 Å². The van der Waals surface area contributed by atoms with Gasteiger partial charge in [0.05, 0.1) is 0 Å². The number of nitrogens with one attached hydrogen (secondary N) is 1. The van der Waals surface area contributed by atoms with E-state index in [0.717, 1.165) is 16.5 Å². The third kappa shape index (κ3) is 5.74. The molecule has 0 bridgehead atoms. The van der Waals surface area contributed by atoms with E-state index in [4.69, 9.17) is 5.11 Å². The van der Waals surface area contributed by atoms with Crippen molar-refractivity contribution in [3.63, 3.8) is 0 Å². The average Bonchev–Trinajstić information content (AvgIpc) is 2.39. The molecule has 20 heavy (non-hydrogen) atoms. The SMILES string of the molecule is Cc1ccc(C(=O)NCCC(C)CCC(=O)O)cc1Br. The van der Waals surface area contributed by atoms with E-state index in [1.807, 2.05) is 19.9 Å². The fraction of sp³-hybridized carbons (Fsp3) is 0.467. The monoisotopic (exact) mass is 341 g/mol. The van der Waals surface area contributed by atoms with Gasteiger partial charge in [-0.15, -0.1) is 0 Å². The van der Waals surface area contributed by atoms with Crippen molar-refractivity contribution in [1.82, 2.24) is 5.32 Å². The van der Waals surface area contributed by atoms with E-state index in [1.54, 1.807) is 12.1 Å². The fourth-order valence-electron chi connectivity index (χ4n) is 1.78.